The summed E-state index contributed by atoms with van der Waals surface area (Å²) in [4.78, 5) is 8.50. The Morgan fingerprint density at radius 2 is 2.19 bits per heavy atom. The number of aryl methyl sites for hydroxylation is 1. The highest BCUT2D eigenvalue weighted by Gasteiger charge is 2.08. The summed E-state index contributed by atoms with van der Waals surface area (Å²) in [5.41, 5.74) is 0.916. The van der Waals surface area contributed by atoms with Crippen molar-refractivity contribution in [1.29, 1.82) is 0 Å². The van der Waals surface area contributed by atoms with Gasteiger partial charge in [-0.05, 0) is 13.3 Å². The second kappa shape index (κ2) is 4.92. The summed E-state index contributed by atoms with van der Waals surface area (Å²) >= 11 is 0. The summed E-state index contributed by atoms with van der Waals surface area (Å²) in [6, 6.07) is 0. The van der Waals surface area contributed by atoms with Crippen LogP contribution in [0.2, 0.25) is 0 Å². The molecule has 0 saturated carbocycles. The Balaban J connectivity index is 2.36. The van der Waals surface area contributed by atoms with Gasteiger partial charge in [-0.25, -0.2) is 14.6 Å². The van der Waals surface area contributed by atoms with E-state index >= 15 is 0 Å². The number of nitrogens with zero attached hydrogens (tertiary/aromatic N) is 4. The van der Waals surface area contributed by atoms with Crippen molar-refractivity contribution in [2.24, 2.45) is 0 Å². The number of aromatic nitrogens is 4. The fourth-order valence-corrected chi connectivity index (χ4v) is 1.67. The maximum absolute atomic E-state index is 4.35. The van der Waals surface area contributed by atoms with Gasteiger partial charge < -0.3 is 5.32 Å². The van der Waals surface area contributed by atoms with Gasteiger partial charge in [0, 0.05) is 13.1 Å². The molecule has 5 nitrogen and oxygen atoms in total. The van der Waals surface area contributed by atoms with Gasteiger partial charge in [-0.2, -0.15) is 5.10 Å². The molecular formula is C11H17N5. The number of anilines is 1. The maximum Gasteiger partial charge on any atom is 0.163 e. The van der Waals surface area contributed by atoms with Gasteiger partial charge >= 0.3 is 0 Å². The van der Waals surface area contributed by atoms with Crippen LogP contribution in [0, 0.1) is 0 Å². The van der Waals surface area contributed by atoms with E-state index in [-0.39, 0.29) is 0 Å². The van der Waals surface area contributed by atoms with Crippen molar-refractivity contribution in [3.63, 3.8) is 0 Å². The molecule has 5 heteroatoms. The minimum Gasteiger partial charge on any atom is -0.370 e. The van der Waals surface area contributed by atoms with Crippen molar-refractivity contribution >= 4 is 16.9 Å². The van der Waals surface area contributed by atoms with Crippen LogP contribution < -0.4 is 5.32 Å². The van der Waals surface area contributed by atoms with Gasteiger partial charge in [0.25, 0.3) is 0 Å². The Morgan fingerprint density at radius 1 is 1.31 bits per heavy atom. The van der Waals surface area contributed by atoms with Crippen LogP contribution in [0.4, 0.5) is 5.82 Å². The quantitative estimate of drug-likeness (QED) is 0.836. The van der Waals surface area contributed by atoms with Gasteiger partial charge in [-0.1, -0.05) is 13.3 Å². The molecule has 0 amide bonds. The first-order valence-electron chi connectivity index (χ1n) is 5.77. The van der Waals surface area contributed by atoms with Gasteiger partial charge in [0.05, 0.1) is 11.6 Å². The van der Waals surface area contributed by atoms with E-state index in [0.29, 0.717) is 0 Å². The molecule has 0 aliphatic carbocycles. The molecule has 0 aliphatic heterocycles. The second-order valence-corrected chi connectivity index (χ2v) is 3.71. The lowest BCUT2D eigenvalue weighted by atomic mass is 10.3. The third-order valence-electron chi connectivity index (χ3n) is 2.50. The SMILES string of the molecule is CCCCn1ncc2c(NCC)ncnc21. The molecular weight excluding hydrogens is 202 g/mol. The van der Waals surface area contributed by atoms with Crippen LogP contribution in [0.3, 0.4) is 0 Å². The normalized spacial score (nSPS) is 10.9. The highest BCUT2D eigenvalue weighted by Crippen LogP contribution is 2.18. The highest BCUT2D eigenvalue weighted by molar-refractivity contribution is 5.85. The topological polar surface area (TPSA) is 55.6 Å². The molecule has 2 rings (SSSR count). The van der Waals surface area contributed by atoms with E-state index in [1.807, 2.05) is 10.9 Å². The summed E-state index contributed by atoms with van der Waals surface area (Å²) in [6.07, 6.45) is 5.71. The van der Waals surface area contributed by atoms with E-state index < -0.39 is 0 Å². The fraction of sp³-hybridized carbons (Fsp3) is 0.545. The number of hydrogen-bond acceptors (Lipinski definition) is 4. The molecule has 0 unspecified atom stereocenters. The molecule has 2 heterocycles. The Hall–Kier alpha value is -1.65. The maximum atomic E-state index is 4.35. The van der Waals surface area contributed by atoms with E-state index in [1.165, 1.54) is 0 Å². The Kier molecular flexibility index (Phi) is 3.34. The highest BCUT2D eigenvalue weighted by atomic mass is 15.3. The lowest BCUT2D eigenvalue weighted by molar-refractivity contribution is 0.584. The van der Waals surface area contributed by atoms with Crippen LogP contribution >= 0.6 is 0 Å². The molecule has 0 saturated heterocycles. The molecule has 0 atom stereocenters. The number of rotatable bonds is 5. The van der Waals surface area contributed by atoms with Gasteiger partial charge in [0.1, 0.15) is 12.1 Å². The first kappa shape index (κ1) is 10.9. The first-order valence-corrected chi connectivity index (χ1v) is 5.77. The molecule has 0 bridgehead atoms. The van der Waals surface area contributed by atoms with Gasteiger partial charge in [-0.3, -0.25) is 0 Å². The molecule has 0 fully saturated rings. The average molecular weight is 219 g/mol. The molecule has 0 aliphatic rings. The van der Waals surface area contributed by atoms with E-state index in [4.69, 9.17) is 0 Å². The second-order valence-electron chi connectivity index (χ2n) is 3.71. The predicted molar refractivity (Wildman–Crippen MR) is 64.4 cm³/mol. The molecule has 0 spiro atoms. The van der Waals surface area contributed by atoms with E-state index in [0.717, 1.165) is 42.8 Å². The summed E-state index contributed by atoms with van der Waals surface area (Å²) in [5.74, 6) is 0.871. The third-order valence-corrected chi connectivity index (χ3v) is 2.50. The molecule has 16 heavy (non-hydrogen) atoms. The molecule has 2 aromatic heterocycles. The Bertz CT molecular complexity index is 462. The van der Waals surface area contributed by atoms with Crippen LogP contribution in [0.5, 0.6) is 0 Å². The van der Waals surface area contributed by atoms with Gasteiger partial charge in [0.2, 0.25) is 0 Å². The molecule has 0 radical (unpaired) electrons. The van der Waals surface area contributed by atoms with Crippen LogP contribution in [0.25, 0.3) is 11.0 Å². The minimum absolute atomic E-state index is 0.853. The Morgan fingerprint density at radius 3 is 2.94 bits per heavy atom. The summed E-state index contributed by atoms with van der Waals surface area (Å²) in [7, 11) is 0. The van der Waals surface area contributed by atoms with Crippen LogP contribution in [-0.4, -0.2) is 26.3 Å². The number of fused-ring (bicyclic) bond motifs is 1. The predicted octanol–water partition coefficient (Wildman–Crippen LogP) is 2.06. The van der Waals surface area contributed by atoms with Crippen molar-refractivity contribution in [3.05, 3.63) is 12.5 Å². The largest absolute Gasteiger partial charge is 0.370 e. The van der Waals surface area contributed by atoms with Crippen LogP contribution in [0.1, 0.15) is 26.7 Å². The van der Waals surface area contributed by atoms with Crippen LogP contribution in [-0.2, 0) is 6.54 Å². The first-order chi connectivity index (χ1) is 7.86. The lowest BCUT2D eigenvalue weighted by Crippen LogP contribution is -2.03. The van der Waals surface area contributed by atoms with Crippen molar-refractivity contribution in [2.45, 2.75) is 33.2 Å². The summed E-state index contributed by atoms with van der Waals surface area (Å²) in [6.45, 7) is 6.00. The molecule has 86 valence electrons. The van der Waals surface area contributed by atoms with Crippen molar-refractivity contribution in [1.82, 2.24) is 19.7 Å². The standard InChI is InChI=1S/C11H17N5/c1-3-5-6-16-11-9(7-15-16)10(12-4-2)13-8-14-11/h7-8H,3-6H2,1-2H3,(H,12,13,14). The average Bonchev–Trinajstić information content (AvgIpc) is 2.71. The fourth-order valence-electron chi connectivity index (χ4n) is 1.67. The zero-order chi connectivity index (χ0) is 11.4. The summed E-state index contributed by atoms with van der Waals surface area (Å²) in [5, 5.41) is 8.57. The van der Waals surface area contributed by atoms with Crippen molar-refractivity contribution < 1.29 is 0 Å². The number of hydrogen-bond donors (Lipinski definition) is 1. The molecule has 2 aromatic rings. The van der Waals surface area contributed by atoms with E-state index in [2.05, 4.69) is 34.2 Å². The summed E-state index contributed by atoms with van der Waals surface area (Å²) < 4.78 is 1.95. The smallest absolute Gasteiger partial charge is 0.163 e. The Labute approximate surface area is 94.9 Å². The van der Waals surface area contributed by atoms with E-state index in [9.17, 15) is 0 Å². The third kappa shape index (κ3) is 1.98. The zero-order valence-electron chi connectivity index (χ0n) is 9.77. The molecule has 0 aromatic carbocycles. The van der Waals surface area contributed by atoms with E-state index in [1.54, 1.807) is 6.33 Å². The number of unbranched alkanes of at least 4 members (excludes halogenated alkanes) is 1. The molecule has 1 N–H and O–H groups in total. The zero-order valence-corrected chi connectivity index (χ0v) is 9.77. The van der Waals surface area contributed by atoms with Gasteiger partial charge in [0.15, 0.2) is 5.65 Å². The minimum atomic E-state index is 0.853. The van der Waals surface area contributed by atoms with Crippen LogP contribution in [0.15, 0.2) is 12.5 Å². The number of nitrogens with one attached hydrogen (secondary N) is 1. The lowest BCUT2D eigenvalue weighted by Gasteiger charge is -2.03. The van der Waals surface area contributed by atoms with Crippen molar-refractivity contribution in [2.75, 3.05) is 11.9 Å². The van der Waals surface area contributed by atoms with Crippen molar-refractivity contribution in [3.8, 4) is 0 Å². The van der Waals surface area contributed by atoms with Gasteiger partial charge in [-0.15, -0.1) is 0 Å². The monoisotopic (exact) mass is 219 g/mol.